The summed E-state index contributed by atoms with van der Waals surface area (Å²) in [6.45, 7) is 2.37. The minimum Gasteiger partial charge on any atom is -0.488 e. The summed E-state index contributed by atoms with van der Waals surface area (Å²) < 4.78 is 7.99. The van der Waals surface area contributed by atoms with E-state index in [4.69, 9.17) is 4.74 Å². The van der Waals surface area contributed by atoms with Crippen LogP contribution in [0.15, 0.2) is 92.9 Å². The number of carbonyl (C=O) groups is 1. The van der Waals surface area contributed by atoms with E-state index < -0.39 is 6.03 Å². The number of halogens is 2. The van der Waals surface area contributed by atoms with E-state index >= 15 is 0 Å². The molecular weight excluding hydrogens is 546 g/mol. The standard InChI is InChI=1S/C26H21Br2N3O2/c1-17-13-22(10-11-24(17)28)30-26(32)31-29-15-20-14-21(27)9-12-25(20)33-16-19-7-4-6-18-5-2-3-8-23(18)19/h2-15H,16H2,1H3,(H2,30,31,32)/b29-15+. The second-order valence-corrected chi connectivity index (χ2v) is 9.17. The molecule has 0 aliphatic heterocycles. The topological polar surface area (TPSA) is 62.7 Å². The first-order chi connectivity index (χ1) is 16.0. The van der Waals surface area contributed by atoms with Gasteiger partial charge in [-0.1, -0.05) is 74.3 Å². The van der Waals surface area contributed by atoms with Crippen LogP contribution < -0.4 is 15.5 Å². The number of benzene rings is 4. The number of nitrogens with one attached hydrogen (secondary N) is 2. The molecule has 0 saturated heterocycles. The largest absolute Gasteiger partial charge is 0.488 e. The van der Waals surface area contributed by atoms with Gasteiger partial charge >= 0.3 is 6.03 Å². The van der Waals surface area contributed by atoms with E-state index in [0.717, 1.165) is 31.0 Å². The molecule has 0 unspecified atom stereocenters. The molecule has 5 nitrogen and oxygen atoms in total. The molecule has 2 amide bonds. The number of hydrogen-bond donors (Lipinski definition) is 2. The van der Waals surface area contributed by atoms with E-state index in [2.05, 4.69) is 72.0 Å². The van der Waals surface area contributed by atoms with E-state index in [1.165, 1.54) is 5.39 Å². The summed E-state index contributed by atoms with van der Waals surface area (Å²) in [5.41, 5.74) is 6.05. The van der Waals surface area contributed by atoms with Gasteiger partial charge in [0, 0.05) is 20.2 Å². The van der Waals surface area contributed by atoms with E-state index in [1.807, 2.05) is 61.5 Å². The molecule has 0 aliphatic carbocycles. The van der Waals surface area contributed by atoms with Crippen molar-refractivity contribution >= 4 is 60.6 Å². The number of fused-ring (bicyclic) bond motifs is 1. The highest BCUT2D eigenvalue weighted by atomic mass is 79.9. The third-order valence-electron chi connectivity index (χ3n) is 5.02. The second-order valence-electron chi connectivity index (χ2n) is 7.40. The summed E-state index contributed by atoms with van der Waals surface area (Å²) in [5, 5.41) is 9.18. The molecule has 4 aromatic rings. The maximum Gasteiger partial charge on any atom is 0.339 e. The number of rotatable bonds is 6. The lowest BCUT2D eigenvalue weighted by Gasteiger charge is -2.11. The Morgan fingerprint density at radius 2 is 1.82 bits per heavy atom. The normalized spacial score (nSPS) is 11.0. The molecule has 4 aromatic carbocycles. The Morgan fingerprint density at radius 1 is 1.00 bits per heavy atom. The zero-order valence-corrected chi connectivity index (χ0v) is 21.0. The van der Waals surface area contributed by atoms with Gasteiger partial charge in [0.2, 0.25) is 0 Å². The van der Waals surface area contributed by atoms with Crippen LogP contribution in [0.3, 0.4) is 0 Å². The van der Waals surface area contributed by atoms with Crippen molar-refractivity contribution in [1.29, 1.82) is 0 Å². The molecule has 0 fully saturated rings. The minimum atomic E-state index is -0.429. The van der Waals surface area contributed by atoms with Gasteiger partial charge in [-0.05, 0) is 65.2 Å². The molecular formula is C26H21Br2N3O2. The van der Waals surface area contributed by atoms with Crippen LogP contribution in [0.4, 0.5) is 10.5 Å². The smallest absolute Gasteiger partial charge is 0.339 e. The van der Waals surface area contributed by atoms with Crippen LogP contribution >= 0.6 is 31.9 Å². The summed E-state index contributed by atoms with van der Waals surface area (Å²) >= 11 is 6.93. The van der Waals surface area contributed by atoms with Gasteiger partial charge in [0.05, 0.1) is 6.21 Å². The number of carbonyl (C=O) groups excluding carboxylic acids is 1. The van der Waals surface area contributed by atoms with Gasteiger partial charge in [-0.15, -0.1) is 0 Å². The van der Waals surface area contributed by atoms with Crippen molar-refractivity contribution in [2.75, 3.05) is 5.32 Å². The molecule has 0 spiro atoms. The van der Waals surface area contributed by atoms with Gasteiger partial charge < -0.3 is 10.1 Å². The van der Waals surface area contributed by atoms with Crippen molar-refractivity contribution in [2.45, 2.75) is 13.5 Å². The van der Waals surface area contributed by atoms with E-state index in [0.29, 0.717) is 18.0 Å². The lowest BCUT2D eigenvalue weighted by Crippen LogP contribution is -2.24. The van der Waals surface area contributed by atoms with Crippen LogP contribution in [0.25, 0.3) is 10.8 Å². The third kappa shape index (κ3) is 6.00. The number of hydrazone groups is 1. The molecule has 7 heteroatoms. The zero-order valence-electron chi connectivity index (χ0n) is 17.8. The highest BCUT2D eigenvalue weighted by Crippen LogP contribution is 2.25. The fraction of sp³-hybridized carbons (Fsp3) is 0.0769. The average molecular weight is 567 g/mol. The van der Waals surface area contributed by atoms with Crippen molar-refractivity contribution in [1.82, 2.24) is 5.43 Å². The summed E-state index contributed by atoms with van der Waals surface area (Å²) in [6, 6.07) is 25.2. The van der Waals surface area contributed by atoms with Crippen LogP contribution in [0.5, 0.6) is 5.75 Å². The molecule has 0 atom stereocenters. The maximum absolute atomic E-state index is 12.2. The van der Waals surface area contributed by atoms with Gasteiger partial charge in [0.15, 0.2) is 0 Å². The van der Waals surface area contributed by atoms with E-state index in [1.54, 1.807) is 6.21 Å². The molecule has 0 aromatic heterocycles. The van der Waals surface area contributed by atoms with Crippen molar-refractivity contribution in [3.8, 4) is 5.75 Å². The summed E-state index contributed by atoms with van der Waals surface area (Å²) in [5.74, 6) is 0.667. The summed E-state index contributed by atoms with van der Waals surface area (Å²) in [6.07, 6.45) is 1.57. The fourth-order valence-electron chi connectivity index (χ4n) is 3.37. The Bertz CT molecular complexity index is 1330. The average Bonchev–Trinajstić information content (AvgIpc) is 2.81. The lowest BCUT2D eigenvalue weighted by atomic mass is 10.1. The quantitative estimate of drug-likeness (QED) is 0.188. The summed E-state index contributed by atoms with van der Waals surface area (Å²) in [4.78, 5) is 12.2. The lowest BCUT2D eigenvalue weighted by molar-refractivity contribution is 0.252. The Morgan fingerprint density at radius 3 is 2.67 bits per heavy atom. The van der Waals surface area contributed by atoms with Gasteiger partial charge in [0.1, 0.15) is 12.4 Å². The third-order valence-corrected chi connectivity index (χ3v) is 6.40. The van der Waals surface area contributed by atoms with Crippen molar-refractivity contribution in [3.05, 3.63) is 104 Å². The van der Waals surface area contributed by atoms with Gasteiger partial charge in [-0.3, -0.25) is 0 Å². The predicted molar refractivity (Wildman–Crippen MR) is 141 cm³/mol. The van der Waals surface area contributed by atoms with Crippen molar-refractivity contribution in [2.24, 2.45) is 5.10 Å². The summed E-state index contributed by atoms with van der Waals surface area (Å²) in [7, 11) is 0. The molecule has 166 valence electrons. The Kier molecular flexibility index (Phi) is 7.42. The predicted octanol–water partition coefficient (Wildman–Crippen LogP) is 7.41. The van der Waals surface area contributed by atoms with Gasteiger partial charge in [0.25, 0.3) is 0 Å². The van der Waals surface area contributed by atoms with Crippen LogP contribution in [0.2, 0.25) is 0 Å². The molecule has 2 N–H and O–H groups in total. The second kappa shape index (κ2) is 10.6. The first-order valence-corrected chi connectivity index (χ1v) is 11.8. The van der Waals surface area contributed by atoms with Crippen molar-refractivity contribution in [3.63, 3.8) is 0 Å². The SMILES string of the molecule is Cc1cc(NC(=O)N/N=C/c2cc(Br)ccc2OCc2cccc3ccccc23)ccc1Br. The van der Waals surface area contributed by atoms with Gasteiger partial charge in [-0.25, -0.2) is 10.2 Å². The number of anilines is 1. The maximum atomic E-state index is 12.2. The van der Waals surface area contributed by atoms with Gasteiger partial charge in [-0.2, -0.15) is 5.10 Å². The van der Waals surface area contributed by atoms with Crippen LogP contribution in [-0.2, 0) is 6.61 Å². The number of amides is 2. The molecule has 0 heterocycles. The molecule has 4 rings (SSSR count). The minimum absolute atomic E-state index is 0.417. The monoisotopic (exact) mass is 565 g/mol. The zero-order chi connectivity index (χ0) is 23.2. The van der Waals surface area contributed by atoms with E-state index in [9.17, 15) is 4.79 Å². The Balaban J connectivity index is 1.43. The van der Waals surface area contributed by atoms with Crippen LogP contribution in [-0.4, -0.2) is 12.2 Å². The highest BCUT2D eigenvalue weighted by molar-refractivity contribution is 9.10. The number of aryl methyl sites for hydroxylation is 1. The molecule has 33 heavy (non-hydrogen) atoms. The molecule has 0 radical (unpaired) electrons. The Labute approximate surface area is 209 Å². The van der Waals surface area contributed by atoms with Crippen LogP contribution in [0, 0.1) is 6.92 Å². The first kappa shape index (κ1) is 23.0. The fourth-order valence-corrected chi connectivity index (χ4v) is 3.99. The first-order valence-electron chi connectivity index (χ1n) is 10.2. The number of urea groups is 1. The molecule has 0 saturated carbocycles. The highest BCUT2D eigenvalue weighted by Gasteiger charge is 2.07. The molecule has 0 aliphatic rings. The number of nitrogens with zero attached hydrogens (tertiary/aromatic N) is 1. The number of ether oxygens (including phenoxy) is 1. The Hall–Kier alpha value is -3.16. The van der Waals surface area contributed by atoms with Crippen LogP contribution in [0.1, 0.15) is 16.7 Å². The molecule has 0 bridgehead atoms. The van der Waals surface area contributed by atoms with Crippen molar-refractivity contribution < 1.29 is 9.53 Å². The number of hydrogen-bond acceptors (Lipinski definition) is 3. The van der Waals surface area contributed by atoms with E-state index in [-0.39, 0.29) is 0 Å².